The number of fused-ring (bicyclic) bond motifs is 2. The summed E-state index contributed by atoms with van der Waals surface area (Å²) >= 11 is 5.96. The van der Waals surface area contributed by atoms with Crippen LogP contribution in [0.3, 0.4) is 0 Å². The molecule has 0 saturated carbocycles. The number of nitrogens with one attached hydrogen (secondary N) is 1. The highest BCUT2D eigenvalue weighted by Gasteiger charge is 2.37. The fourth-order valence-corrected chi connectivity index (χ4v) is 3.34. The van der Waals surface area contributed by atoms with Gasteiger partial charge >= 0.3 is 0 Å². The molecule has 2 saturated heterocycles. The van der Waals surface area contributed by atoms with Crippen molar-refractivity contribution in [1.82, 2.24) is 10.2 Å². The zero-order valence-corrected chi connectivity index (χ0v) is 13.0. The Morgan fingerprint density at radius 2 is 2.22 bits per heavy atom. The van der Waals surface area contributed by atoms with Crippen molar-refractivity contribution in [3.05, 3.63) is 35.0 Å². The lowest BCUT2D eigenvalue weighted by atomic mass is 10.0. The Morgan fingerprint density at radius 3 is 3.09 bits per heavy atom. The molecule has 0 spiro atoms. The first-order chi connectivity index (χ1) is 11.1. The number of morpholine rings is 1. The Kier molecular flexibility index (Phi) is 3.50. The van der Waals surface area contributed by atoms with E-state index in [4.69, 9.17) is 20.8 Å². The summed E-state index contributed by atoms with van der Waals surface area (Å²) in [7, 11) is 0. The maximum atomic E-state index is 12.7. The number of furan rings is 1. The Labute approximate surface area is 137 Å². The van der Waals surface area contributed by atoms with Gasteiger partial charge in [0.05, 0.1) is 12.1 Å². The van der Waals surface area contributed by atoms with E-state index in [0.717, 1.165) is 5.39 Å². The topological polar surface area (TPSA) is 71.8 Å². The monoisotopic (exact) mass is 334 g/mol. The number of halogens is 1. The molecule has 2 amide bonds. The Bertz CT molecular complexity index is 787. The van der Waals surface area contributed by atoms with E-state index >= 15 is 0 Å². The number of benzene rings is 1. The van der Waals surface area contributed by atoms with Gasteiger partial charge in [0.2, 0.25) is 5.91 Å². The van der Waals surface area contributed by atoms with Crippen molar-refractivity contribution in [2.45, 2.75) is 18.6 Å². The molecule has 1 aromatic heterocycles. The lowest BCUT2D eigenvalue weighted by Gasteiger charge is -2.40. The summed E-state index contributed by atoms with van der Waals surface area (Å²) in [5.41, 5.74) is 0.627. The highest BCUT2D eigenvalue weighted by Crippen LogP contribution is 2.25. The minimum Gasteiger partial charge on any atom is -0.451 e. The van der Waals surface area contributed by atoms with E-state index in [9.17, 15) is 9.59 Å². The highest BCUT2D eigenvalue weighted by atomic mass is 35.5. The standard InChI is InChI=1S/C16H15ClN2O4/c17-10-1-2-12-9(5-10)6-14(23-12)16(21)19-4-3-13-11(7-19)18-15(20)8-22-13/h1-2,5-6,11,13H,3-4,7-8H2,(H,18,20)/t11-,13-/m0/s1. The quantitative estimate of drug-likeness (QED) is 0.863. The number of amides is 2. The van der Waals surface area contributed by atoms with E-state index in [1.165, 1.54) is 0 Å². The molecule has 7 heteroatoms. The molecule has 4 rings (SSSR count). The Balaban J connectivity index is 1.54. The molecule has 0 radical (unpaired) electrons. The first-order valence-corrected chi connectivity index (χ1v) is 7.87. The van der Waals surface area contributed by atoms with Crippen LogP contribution in [0.15, 0.2) is 28.7 Å². The van der Waals surface area contributed by atoms with Gasteiger partial charge in [-0.1, -0.05) is 11.6 Å². The maximum absolute atomic E-state index is 12.7. The number of rotatable bonds is 1. The Hall–Kier alpha value is -2.05. The van der Waals surface area contributed by atoms with Gasteiger partial charge in [0, 0.05) is 23.5 Å². The van der Waals surface area contributed by atoms with Crippen LogP contribution in [-0.2, 0) is 9.53 Å². The Morgan fingerprint density at radius 1 is 1.35 bits per heavy atom. The smallest absolute Gasteiger partial charge is 0.289 e. The van der Waals surface area contributed by atoms with E-state index in [2.05, 4.69) is 5.32 Å². The number of hydrogen-bond acceptors (Lipinski definition) is 4. The van der Waals surface area contributed by atoms with Crippen molar-refractivity contribution in [2.75, 3.05) is 19.7 Å². The fourth-order valence-electron chi connectivity index (χ4n) is 3.16. The lowest BCUT2D eigenvalue weighted by molar-refractivity contribution is -0.139. The lowest BCUT2D eigenvalue weighted by Crippen LogP contribution is -2.61. The number of carbonyl (C=O) groups excluding carboxylic acids is 2. The van der Waals surface area contributed by atoms with Crippen molar-refractivity contribution >= 4 is 34.4 Å². The third-order valence-corrected chi connectivity index (χ3v) is 4.54. The number of piperidine rings is 1. The molecular weight excluding hydrogens is 320 g/mol. The van der Waals surface area contributed by atoms with Crippen LogP contribution in [-0.4, -0.2) is 48.6 Å². The normalized spacial score (nSPS) is 24.4. The van der Waals surface area contributed by atoms with Crippen LogP contribution in [0.1, 0.15) is 17.0 Å². The number of ether oxygens (including phenoxy) is 1. The highest BCUT2D eigenvalue weighted by molar-refractivity contribution is 6.31. The molecule has 0 bridgehead atoms. The molecule has 120 valence electrons. The average Bonchev–Trinajstić information content (AvgIpc) is 2.96. The van der Waals surface area contributed by atoms with Crippen LogP contribution in [0.4, 0.5) is 0 Å². The van der Waals surface area contributed by atoms with Crippen molar-refractivity contribution in [1.29, 1.82) is 0 Å². The van der Waals surface area contributed by atoms with Crippen molar-refractivity contribution in [3.8, 4) is 0 Å². The van der Waals surface area contributed by atoms with Gasteiger partial charge in [-0.2, -0.15) is 0 Å². The molecule has 6 nitrogen and oxygen atoms in total. The van der Waals surface area contributed by atoms with Crippen LogP contribution in [0.25, 0.3) is 11.0 Å². The van der Waals surface area contributed by atoms with Gasteiger partial charge in [-0.3, -0.25) is 9.59 Å². The van der Waals surface area contributed by atoms with Gasteiger partial charge in [0.25, 0.3) is 5.91 Å². The number of carbonyl (C=O) groups is 2. The second-order valence-electron chi connectivity index (χ2n) is 5.86. The van der Waals surface area contributed by atoms with Gasteiger partial charge in [0.1, 0.15) is 12.2 Å². The first kappa shape index (κ1) is 14.5. The second kappa shape index (κ2) is 5.54. The summed E-state index contributed by atoms with van der Waals surface area (Å²) in [4.78, 5) is 25.8. The van der Waals surface area contributed by atoms with Crippen LogP contribution < -0.4 is 5.32 Å². The SMILES string of the molecule is O=C1CO[C@H]2CCN(C(=O)c3cc4cc(Cl)ccc4o3)C[C@@H]2N1. The molecule has 3 heterocycles. The minimum absolute atomic E-state index is 0.0220. The van der Waals surface area contributed by atoms with Crippen LogP contribution in [0.5, 0.6) is 0 Å². The van der Waals surface area contributed by atoms with Gasteiger partial charge in [-0.15, -0.1) is 0 Å². The summed E-state index contributed by atoms with van der Waals surface area (Å²) in [6.07, 6.45) is 0.675. The summed E-state index contributed by atoms with van der Waals surface area (Å²) in [6.45, 7) is 1.10. The molecule has 2 fully saturated rings. The van der Waals surface area contributed by atoms with E-state index in [0.29, 0.717) is 30.1 Å². The number of likely N-dealkylation sites (tertiary alicyclic amines) is 1. The van der Waals surface area contributed by atoms with E-state index < -0.39 is 0 Å². The third-order valence-electron chi connectivity index (χ3n) is 4.30. The summed E-state index contributed by atoms with van der Waals surface area (Å²) < 4.78 is 11.1. The van der Waals surface area contributed by atoms with E-state index in [1.54, 1.807) is 29.2 Å². The van der Waals surface area contributed by atoms with Crippen LogP contribution in [0, 0.1) is 0 Å². The van der Waals surface area contributed by atoms with E-state index in [1.807, 2.05) is 0 Å². The number of nitrogens with zero attached hydrogens (tertiary/aromatic N) is 1. The minimum atomic E-state index is -0.185. The first-order valence-electron chi connectivity index (χ1n) is 7.49. The molecule has 1 N–H and O–H groups in total. The molecule has 2 aromatic rings. The number of hydrogen-bond donors (Lipinski definition) is 1. The molecule has 0 aliphatic carbocycles. The van der Waals surface area contributed by atoms with Crippen LogP contribution >= 0.6 is 11.6 Å². The fraction of sp³-hybridized carbons (Fsp3) is 0.375. The van der Waals surface area contributed by atoms with Crippen molar-refractivity contribution < 1.29 is 18.7 Å². The second-order valence-corrected chi connectivity index (χ2v) is 6.29. The molecule has 2 atom stereocenters. The van der Waals surface area contributed by atoms with Crippen molar-refractivity contribution in [2.24, 2.45) is 0 Å². The molecular formula is C16H15ClN2O4. The van der Waals surface area contributed by atoms with Crippen molar-refractivity contribution in [3.63, 3.8) is 0 Å². The molecule has 2 aliphatic rings. The molecule has 2 aliphatic heterocycles. The zero-order chi connectivity index (χ0) is 16.0. The molecule has 1 aromatic carbocycles. The predicted molar refractivity (Wildman–Crippen MR) is 83.4 cm³/mol. The molecule has 23 heavy (non-hydrogen) atoms. The van der Waals surface area contributed by atoms with E-state index in [-0.39, 0.29) is 36.3 Å². The largest absolute Gasteiger partial charge is 0.451 e. The predicted octanol–water partition coefficient (Wildman–Crippen LogP) is 1.82. The summed E-state index contributed by atoms with van der Waals surface area (Å²) in [5, 5.41) is 4.28. The average molecular weight is 335 g/mol. The van der Waals surface area contributed by atoms with Gasteiger partial charge in [-0.05, 0) is 30.7 Å². The van der Waals surface area contributed by atoms with Crippen LogP contribution in [0.2, 0.25) is 5.02 Å². The zero-order valence-electron chi connectivity index (χ0n) is 12.3. The summed E-state index contributed by atoms with van der Waals surface area (Å²) in [5.74, 6) is -0.0432. The van der Waals surface area contributed by atoms with Gasteiger partial charge in [-0.25, -0.2) is 0 Å². The molecule has 0 unspecified atom stereocenters. The summed E-state index contributed by atoms with van der Waals surface area (Å²) in [6, 6.07) is 6.77. The van der Waals surface area contributed by atoms with Gasteiger partial charge < -0.3 is 19.4 Å². The third kappa shape index (κ3) is 2.68. The van der Waals surface area contributed by atoms with Gasteiger partial charge in [0.15, 0.2) is 5.76 Å². The maximum Gasteiger partial charge on any atom is 0.289 e.